The van der Waals surface area contributed by atoms with E-state index < -0.39 is 7.05 Å². The van der Waals surface area contributed by atoms with Crippen molar-refractivity contribution in [3.8, 4) is 0 Å². The van der Waals surface area contributed by atoms with E-state index in [4.69, 9.17) is 0 Å². The summed E-state index contributed by atoms with van der Waals surface area (Å²) in [6.07, 6.45) is 6.55. The molecular formula is C19H19BN2O2. The highest BCUT2D eigenvalue weighted by molar-refractivity contribution is 6.68. The van der Waals surface area contributed by atoms with E-state index in [0.717, 1.165) is 28.0 Å². The average molecular weight is 318 g/mol. The maximum atomic E-state index is 12.7. The van der Waals surface area contributed by atoms with Crippen molar-refractivity contribution in [3.63, 3.8) is 0 Å². The molecule has 3 rings (SSSR count). The number of hydrogen-bond acceptors (Lipinski definition) is 3. The Kier molecular flexibility index (Phi) is 4.63. The quantitative estimate of drug-likeness (QED) is 0.697. The predicted octanol–water partition coefficient (Wildman–Crippen LogP) is 2.29. The molecular weight excluding hydrogens is 299 g/mol. The molecule has 0 atom stereocenters. The lowest BCUT2D eigenvalue weighted by Gasteiger charge is -2.25. The first kappa shape index (κ1) is 16.2. The summed E-state index contributed by atoms with van der Waals surface area (Å²) in [7, 11) is -1.08. The van der Waals surface area contributed by atoms with Crippen LogP contribution in [0, 0.1) is 6.92 Å². The number of allylic oxidation sites excluding steroid dienone is 2. The number of fused-ring (bicyclic) bond motifs is 1. The van der Waals surface area contributed by atoms with Crippen LogP contribution >= 0.6 is 0 Å². The van der Waals surface area contributed by atoms with Crippen molar-refractivity contribution in [1.29, 1.82) is 0 Å². The number of nitrogens with zero attached hydrogens (tertiary/aromatic N) is 2. The molecule has 4 nitrogen and oxygen atoms in total. The van der Waals surface area contributed by atoms with E-state index >= 15 is 0 Å². The van der Waals surface area contributed by atoms with Gasteiger partial charge in [-0.25, -0.2) is 4.92 Å². The topological polar surface area (TPSA) is 52.9 Å². The number of hydrazone groups is 1. The molecule has 0 radical (unpaired) electrons. The lowest BCUT2D eigenvalue weighted by atomic mass is 9.69. The van der Waals surface area contributed by atoms with Crippen molar-refractivity contribution in [3.05, 3.63) is 76.9 Å². The highest BCUT2D eigenvalue weighted by Gasteiger charge is 2.34. The van der Waals surface area contributed by atoms with Crippen molar-refractivity contribution in [2.24, 2.45) is 5.10 Å². The van der Waals surface area contributed by atoms with Crippen LogP contribution in [0.5, 0.6) is 0 Å². The summed E-state index contributed by atoms with van der Waals surface area (Å²) in [6, 6.07) is 13.1. The van der Waals surface area contributed by atoms with Gasteiger partial charge in [0.15, 0.2) is 0 Å². The van der Waals surface area contributed by atoms with Gasteiger partial charge in [-0.2, -0.15) is 5.10 Å². The van der Waals surface area contributed by atoms with Gasteiger partial charge in [0.2, 0.25) is 0 Å². The van der Waals surface area contributed by atoms with Crippen LogP contribution < -0.4 is 5.46 Å². The Balaban J connectivity index is 1.90. The summed E-state index contributed by atoms with van der Waals surface area (Å²) >= 11 is 0. The van der Waals surface area contributed by atoms with E-state index in [1.165, 1.54) is 0 Å². The Hall–Kier alpha value is -2.66. The van der Waals surface area contributed by atoms with Crippen LogP contribution in [0.15, 0.2) is 59.7 Å². The standard InChI is InChI=1S/C19H19BN2O2/c1-3-4-8-15-10-11-18-16(12-15)13-21-22(20(18)24)19(23)17-9-6-5-7-14(17)2/h3-7,9-13,24H,8H2,1-2H3/b4-3+. The second kappa shape index (κ2) is 6.85. The molecule has 0 saturated heterocycles. The van der Waals surface area contributed by atoms with Gasteiger partial charge >= 0.3 is 7.05 Å². The summed E-state index contributed by atoms with van der Waals surface area (Å²) in [5.41, 5.74) is 4.08. The third kappa shape index (κ3) is 3.03. The third-order valence-corrected chi connectivity index (χ3v) is 4.16. The van der Waals surface area contributed by atoms with Gasteiger partial charge in [0.05, 0.1) is 6.21 Å². The second-order valence-electron chi connectivity index (χ2n) is 5.82. The van der Waals surface area contributed by atoms with Gasteiger partial charge in [0.25, 0.3) is 5.91 Å². The van der Waals surface area contributed by atoms with E-state index in [1.54, 1.807) is 12.3 Å². The van der Waals surface area contributed by atoms with Crippen molar-refractivity contribution in [2.45, 2.75) is 20.3 Å². The van der Waals surface area contributed by atoms with Crippen LogP contribution in [0.4, 0.5) is 0 Å². The third-order valence-electron chi connectivity index (χ3n) is 4.16. The maximum absolute atomic E-state index is 12.7. The van der Waals surface area contributed by atoms with Gasteiger partial charge in [0, 0.05) is 5.56 Å². The first-order chi connectivity index (χ1) is 11.6. The molecule has 0 unspecified atom stereocenters. The normalized spacial score (nSPS) is 13.5. The lowest BCUT2D eigenvalue weighted by molar-refractivity contribution is 0.0845. The number of benzene rings is 2. The smallest absolute Gasteiger partial charge is 0.427 e. The molecule has 1 aliphatic heterocycles. The largest absolute Gasteiger partial charge is 0.474 e. The van der Waals surface area contributed by atoms with Gasteiger partial charge in [-0.05, 0) is 48.5 Å². The number of carbonyl (C=O) groups excluding carboxylic acids is 1. The fourth-order valence-electron chi connectivity index (χ4n) is 2.77. The summed E-state index contributed by atoms with van der Waals surface area (Å²) in [4.78, 5) is 13.8. The molecule has 0 aliphatic carbocycles. The van der Waals surface area contributed by atoms with Crippen LogP contribution in [0.25, 0.3) is 0 Å². The Labute approximate surface area is 142 Å². The molecule has 120 valence electrons. The summed E-state index contributed by atoms with van der Waals surface area (Å²) in [5, 5.41) is 14.8. The van der Waals surface area contributed by atoms with Crippen LogP contribution in [-0.2, 0) is 6.42 Å². The Morgan fingerprint density at radius 3 is 2.83 bits per heavy atom. The predicted molar refractivity (Wildman–Crippen MR) is 97.5 cm³/mol. The van der Waals surface area contributed by atoms with Crippen LogP contribution in [-0.4, -0.2) is 29.1 Å². The first-order valence-electron chi connectivity index (χ1n) is 7.97. The average Bonchev–Trinajstić information content (AvgIpc) is 2.60. The second-order valence-corrected chi connectivity index (χ2v) is 5.82. The Morgan fingerprint density at radius 1 is 1.29 bits per heavy atom. The zero-order valence-electron chi connectivity index (χ0n) is 13.8. The molecule has 0 aromatic heterocycles. The molecule has 1 N–H and O–H groups in total. The number of aryl methyl sites for hydroxylation is 1. The van der Waals surface area contributed by atoms with Crippen molar-refractivity contribution >= 4 is 24.6 Å². The van der Waals surface area contributed by atoms with Crippen molar-refractivity contribution < 1.29 is 9.82 Å². The molecule has 0 bridgehead atoms. The molecule has 24 heavy (non-hydrogen) atoms. The first-order valence-corrected chi connectivity index (χ1v) is 7.97. The van der Waals surface area contributed by atoms with Gasteiger partial charge < -0.3 is 5.02 Å². The zero-order chi connectivity index (χ0) is 17.1. The number of amides is 1. The fraction of sp³-hybridized carbons (Fsp3) is 0.158. The molecule has 5 heteroatoms. The number of carbonyl (C=O) groups is 1. The minimum atomic E-state index is -1.08. The SMILES string of the molecule is C/C=C/Cc1ccc2c(c1)C=NN(C(=O)c1ccccc1C)B2O. The fourth-order valence-corrected chi connectivity index (χ4v) is 2.77. The number of rotatable bonds is 3. The highest BCUT2D eigenvalue weighted by Crippen LogP contribution is 2.15. The van der Waals surface area contributed by atoms with E-state index in [-0.39, 0.29) is 5.91 Å². The molecule has 1 amide bonds. The van der Waals surface area contributed by atoms with E-state index in [0.29, 0.717) is 11.0 Å². The molecule has 1 heterocycles. The molecule has 1 aliphatic rings. The monoisotopic (exact) mass is 318 g/mol. The number of hydrogen-bond donors (Lipinski definition) is 1. The molecule has 2 aromatic carbocycles. The van der Waals surface area contributed by atoms with Gasteiger partial charge in [-0.1, -0.05) is 48.6 Å². The van der Waals surface area contributed by atoms with Crippen molar-refractivity contribution in [2.75, 3.05) is 0 Å². The van der Waals surface area contributed by atoms with E-state index in [2.05, 4.69) is 11.2 Å². The van der Waals surface area contributed by atoms with Gasteiger partial charge in [-0.15, -0.1) is 0 Å². The Bertz CT molecular complexity index is 830. The highest BCUT2D eigenvalue weighted by atomic mass is 16.2. The van der Waals surface area contributed by atoms with Gasteiger partial charge in [-0.3, -0.25) is 4.79 Å². The van der Waals surface area contributed by atoms with Crippen LogP contribution in [0.1, 0.15) is 34.0 Å². The summed E-state index contributed by atoms with van der Waals surface area (Å²) in [5.74, 6) is -0.305. The molecule has 0 spiro atoms. The Morgan fingerprint density at radius 2 is 2.08 bits per heavy atom. The van der Waals surface area contributed by atoms with E-state index in [1.807, 2.05) is 56.3 Å². The van der Waals surface area contributed by atoms with Gasteiger partial charge in [0.1, 0.15) is 0 Å². The van der Waals surface area contributed by atoms with Crippen LogP contribution in [0.2, 0.25) is 0 Å². The molecule has 2 aromatic rings. The zero-order valence-corrected chi connectivity index (χ0v) is 13.8. The molecule has 0 saturated carbocycles. The maximum Gasteiger partial charge on any atom is 0.474 e. The minimum absolute atomic E-state index is 0.305. The van der Waals surface area contributed by atoms with E-state index in [9.17, 15) is 9.82 Å². The molecule has 0 fully saturated rings. The lowest BCUT2D eigenvalue weighted by Crippen LogP contribution is -2.52. The van der Waals surface area contributed by atoms with Crippen molar-refractivity contribution in [1.82, 2.24) is 4.92 Å². The minimum Gasteiger partial charge on any atom is -0.427 e. The summed E-state index contributed by atoms with van der Waals surface area (Å²) < 4.78 is 0. The van der Waals surface area contributed by atoms with Crippen LogP contribution in [0.3, 0.4) is 0 Å². The summed E-state index contributed by atoms with van der Waals surface area (Å²) in [6.45, 7) is 3.85.